The molecule has 0 aromatic carbocycles. The monoisotopic (exact) mass is 451 g/mol. The first-order valence-electron chi connectivity index (χ1n) is 10.6. The lowest BCUT2D eigenvalue weighted by molar-refractivity contribution is -0.305. The zero-order chi connectivity index (χ0) is 23.0. The van der Waals surface area contributed by atoms with E-state index in [1.54, 1.807) is 0 Å². The first-order chi connectivity index (χ1) is 14.6. The SMILES string of the molecule is NCC1OC(C2C(N)CC(N)C(OC3OC(CO)C(O)C(N)C3O)C2O)C(N)CC1O. The van der Waals surface area contributed by atoms with Gasteiger partial charge in [-0.1, -0.05) is 0 Å². The summed E-state index contributed by atoms with van der Waals surface area (Å²) >= 11 is 0. The Morgan fingerprint density at radius 3 is 2.10 bits per heavy atom. The van der Waals surface area contributed by atoms with Crippen LogP contribution in [0.25, 0.3) is 0 Å². The van der Waals surface area contributed by atoms with Gasteiger partial charge in [0.25, 0.3) is 0 Å². The van der Waals surface area contributed by atoms with Crippen LogP contribution >= 0.6 is 0 Å². The number of aliphatic hydroxyl groups excluding tert-OH is 5. The quantitative estimate of drug-likeness (QED) is 0.187. The highest BCUT2D eigenvalue weighted by Gasteiger charge is 2.52. The number of nitrogens with two attached hydrogens (primary N) is 5. The van der Waals surface area contributed by atoms with Gasteiger partial charge < -0.3 is 68.4 Å². The predicted octanol–water partition coefficient (Wildman–Crippen LogP) is -6.02. The molecule has 1 aliphatic carbocycles. The third-order valence-corrected chi connectivity index (χ3v) is 6.73. The molecule has 13 nitrogen and oxygen atoms in total. The molecule has 14 unspecified atom stereocenters. The van der Waals surface area contributed by atoms with Crippen molar-refractivity contribution < 1.29 is 39.7 Å². The fourth-order valence-electron chi connectivity index (χ4n) is 4.88. The third-order valence-electron chi connectivity index (χ3n) is 6.73. The lowest BCUT2D eigenvalue weighted by Crippen LogP contribution is -2.69. The van der Waals surface area contributed by atoms with Crippen LogP contribution in [0.4, 0.5) is 0 Å². The number of ether oxygens (including phenoxy) is 3. The molecule has 182 valence electrons. The molecule has 0 bridgehead atoms. The van der Waals surface area contributed by atoms with Gasteiger partial charge in [0.05, 0.1) is 37.1 Å². The van der Waals surface area contributed by atoms with Crippen LogP contribution in [0.15, 0.2) is 0 Å². The second-order valence-electron chi connectivity index (χ2n) is 8.86. The molecule has 13 heteroatoms. The van der Waals surface area contributed by atoms with Crippen molar-refractivity contribution in [3.63, 3.8) is 0 Å². The van der Waals surface area contributed by atoms with Gasteiger partial charge in [-0.3, -0.25) is 0 Å². The topological polar surface area (TPSA) is 259 Å². The van der Waals surface area contributed by atoms with Crippen molar-refractivity contribution in [2.45, 2.75) is 92.1 Å². The molecule has 15 N–H and O–H groups in total. The Morgan fingerprint density at radius 2 is 1.48 bits per heavy atom. The second-order valence-corrected chi connectivity index (χ2v) is 8.86. The molecule has 2 aliphatic heterocycles. The van der Waals surface area contributed by atoms with E-state index in [4.69, 9.17) is 42.9 Å². The molecule has 14 atom stereocenters. The van der Waals surface area contributed by atoms with Crippen LogP contribution in [0, 0.1) is 5.92 Å². The minimum absolute atomic E-state index is 0.0761. The van der Waals surface area contributed by atoms with Crippen molar-refractivity contribution in [1.82, 2.24) is 0 Å². The first-order valence-corrected chi connectivity index (χ1v) is 10.6. The maximum atomic E-state index is 11.1. The molecule has 3 aliphatic rings. The summed E-state index contributed by atoms with van der Waals surface area (Å²) in [6, 6.07) is -3.01. The lowest BCUT2D eigenvalue weighted by atomic mass is 9.72. The second kappa shape index (κ2) is 10.2. The average molecular weight is 452 g/mol. The van der Waals surface area contributed by atoms with Crippen LogP contribution < -0.4 is 28.7 Å². The summed E-state index contributed by atoms with van der Waals surface area (Å²) in [5.74, 6) is -0.685. The van der Waals surface area contributed by atoms with E-state index in [2.05, 4.69) is 0 Å². The van der Waals surface area contributed by atoms with E-state index in [0.717, 1.165) is 0 Å². The van der Waals surface area contributed by atoms with Crippen LogP contribution in [0.2, 0.25) is 0 Å². The molecule has 3 rings (SSSR count). The zero-order valence-electron chi connectivity index (χ0n) is 17.3. The molecular weight excluding hydrogens is 414 g/mol. The minimum atomic E-state index is -1.42. The van der Waals surface area contributed by atoms with Crippen molar-refractivity contribution in [3.05, 3.63) is 0 Å². The molecule has 1 saturated carbocycles. The van der Waals surface area contributed by atoms with Crippen molar-refractivity contribution in [3.8, 4) is 0 Å². The Morgan fingerprint density at radius 1 is 0.806 bits per heavy atom. The molecule has 31 heavy (non-hydrogen) atoms. The average Bonchev–Trinajstić information content (AvgIpc) is 2.72. The Kier molecular flexibility index (Phi) is 8.24. The molecule has 2 saturated heterocycles. The number of aliphatic hydroxyl groups is 5. The van der Waals surface area contributed by atoms with Crippen molar-refractivity contribution in [1.29, 1.82) is 0 Å². The summed E-state index contributed by atoms with van der Waals surface area (Å²) in [6.07, 6.45) is -9.06. The Bertz CT molecular complexity index is 591. The van der Waals surface area contributed by atoms with E-state index in [1.807, 2.05) is 0 Å². The summed E-state index contributed by atoms with van der Waals surface area (Å²) in [6.45, 7) is -0.464. The van der Waals surface area contributed by atoms with E-state index < -0.39 is 91.8 Å². The van der Waals surface area contributed by atoms with E-state index >= 15 is 0 Å². The fraction of sp³-hybridized carbons (Fsp3) is 1.00. The highest BCUT2D eigenvalue weighted by molar-refractivity contribution is 5.05. The van der Waals surface area contributed by atoms with Crippen LogP contribution in [-0.2, 0) is 14.2 Å². The van der Waals surface area contributed by atoms with Gasteiger partial charge in [-0.15, -0.1) is 0 Å². The van der Waals surface area contributed by atoms with Crippen LogP contribution in [0.3, 0.4) is 0 Å². The summed E-state index contributed by atoms with van der Waals surface area (Å²) in [4.78, 5) is 0. The molecule has 2 heterocycles. The van der Waals surface area contributed by atoms with Crippen molar-refractivity contribution >= 4 is 0 Å². The predicted molar refractivity (Wildman–Crippen MR) is 107 cm³/mol. The molecule has 0 amide bonds. The maximum Gasteiger partial charge on any atom is 0.186 e. The zero-order valence-corrected chi connectivity index (χ0v) is 17.3. The Balaban J connectivity index is 1.77. The molecule has 3 fully saturated rings. The molecule has 0 aromatic rings. The normalized spacial score (nSPS) is 54.0. The number of rotatable bonds is 5. The molecule has 0 spiro atoms. The fourth-order valence-corrected chi connectivity index (χ4v) is 4.88. The van der Waals surface area contributed by atoms with E-state index in [1.165, 1.54) is 0 Å². The maximum absolute atomic E-state index is 11.1. The molecule has 0 radical (unpaired) electrons. The van der Waals surface area contributed by atoms with Crippen molar-refractivity contribution in [2.75, 3.05) is 13.2 Å². The smallest absolute Gasteiger partial charge is 0.186 e. The summed E-state index contributed by atoms with van der Waals surface area (Å²) in [5.41, 5.74) is 30.2. The highest BCUT2D eigenvalue weighted by Crippen LogP contribution is 2.36. The number of hydrogen-bond acceptors (Lipinski definition) is 13. The first kappa shape index (κ1) is 25.1. The Labute approximate surface area is 180 Å². The van der Waals surface area contributed by atoms with E-state index in [0.29, 0.717) is 0 Å². The minimum Gasteiger partial charge on any atom is -0.394 e. The molecular formula is C18H37N5O8. The largest absolute Gasteiger partial charge is 0.394 e. The third kappa shape index (κ3) is 4.89. The van der Waals surface area contributed by atoms with Gasteiger partial charge in [0, 0.05) is 30.6 Å². The van der Waals surface area contributed by atoms with Gasteiger partial charge in [-0.25, -0.2) is 0 Å². The van der Waals surface area contributed by atoms with Gasteiger partial charge in [0.1, 0.15) is 24.4 Å². The van der Waals surface area contributed by atoms with Gasteiger partial charge in [-0.05, 0) is 12.8 Å². The highest BCUT2D eigenvalue weighted by atomic mass is 16.7. The van der Waals surface area contributed by atoms with Gasteiger partial charge in [0.2, 0.25) is 0 Å². The number of hydrogen-bond donors (Lipinski definition) is 10. The molecule has 0 aromatic heterocycles. The van der Waals surface area contributed by atoms with E-state index in [9.17, 15) is 25.5 Å². The lowest BCUT2D eigenvalue weighted by Gasteiger charge is -2.50. The van der Waals surface area contributed by atoms with E-state index in [-0.39, 0.29) is 19.4 Å². The summed E-state index contributed by atoms with van der Waals surface area (Å²) < 4.78 is 17.2. The Hall–Kier alpha value is -0.520. The standard InChI is InChI=1S/C18H37N5O8/c19-3-9-8(25)2-7(22)16(29-9)11-5(20)1-6(21)17(14(11)27)31-18-15(28)12(23)13(26)10(4-24)30-18/h5-18,24-28H,1-4,19-23H2. The summed E-state index contributed by atoms with van der Waals surface area (Å²) in [5, 5.41) is 51.0. The van der Waals surface area contributed by atoms with Crippen molar-refractivity contribution in [2.24, 2.45) is 34.6 Å². The van der Waals surface area contributed by atoms with Gasteiger partial charge in [-0.2, -0.15) is 0 Å². The van der Waals surface area contributed by atoms with Gasteiger partial charge >= 0.3 is 0 Å². The van der Waals surface area contributed by atoms with Crippen LogP contribution in [0.5, 0.6) is 0 Å². The van der Waals surface area contributed by atoms with Gasteiger partial charge in [0.15, 0.2) is 6.29 Å². The van der Waals surface area contributed by atoms with Crippen LogP contribution in [0.1, 0.15) is 12.8 Å². The van der Waals surface area contributed by atoms with Crippen LogP contribution in [-0.4, -0.2) is 118 Å². The summed E-state index contributed by atoms with van der Waals surface area (Å²) in [7, 11) is 0.